The lowest BCUT2D eigenvalue weighted by Gasteiger charge is -2.31. The van der Waals surface area contributed by atoms with Crippen molar-refractivity contribution >= 4 is 81.3 Å². The van der Waals surface area contributed by atoms with Crippen LogP contribution in [0.3, 0.4) is 0 Å². The first-order chi connectivity index (χ1) is 12.8. The molecule has 4 rings (SSSR count). The predicted molar refractivity (Wildman–Crippen MR) is 115 cm³/mol. The minimum Gasteiger partial charge on any atom is -0.362 e. The normalized spacial score (nSPS) is 24.8. The first kappa shape index (κ1) is 22.4. The van der Waals surface area contributed by atoms with Crippen LogP contribution in [-0.2, 0) is 20.7 Å². The van der Waals surface area contributed by atoms with Gasteiger partial charge in [0.2, 0.25) is 24.1 Å². The van der Waals surface area contributed by atoms with Crippen molar-refractivity contribution in [3.63, 3.8) is 0 Å². The van der Waals surface area contributed by atoms with Crippen molar-refractivity contribution in [1.29, 1.82) is 0 Å². The summed E-state index contributed by atoms with van der Waals surface area (Å²) in [6, 6.07) is 0. The number of rotatable bonds is 0. The highest BCUT2D eigenvalue weighted by atomic mass is 32.2. The Kier molecular flexibility index (Phi) is 6.21. The number of carbonyl (C=O) groups excluding carboxylic acids is 2. The molecule has 0 aliphatic carbocycles. The summed E-state index contributed by atoms with van der Waals surface area (Å²) in [4.78, 5) is 25.8. The Morgan fingerprint density at radius 2 is 1.07 bits per heavy atom. The van der Waals surface area contributed by atoms with Crippen molar-refractivity contribution < 1.29 is 29.3 Å². The first-order valence-corrected chi connectivity index (χ1v) is 12.0. The molecule has 0 radical (unpaired) electrons. The van der Waals surface area contributed by atoms with E-state index in [1.807, 2.05) is 27.7 Å². The number of carbonyl (C=O) groups is 2. The SMILES string of the molecule is CC1(C)OC(O)C(=O)c2sc(=S)sc21.CC1(C)OC(O)C(=O)c2sc(=S)sc21. The van der Waals surface area contributed by atoms with Crippen LogP contribution in [0.5, 0.6) is 0 Å². The highest BCUT2D eigenvalue weighted by molar-refractivity contribution is 7.76. The van der Waals surface area contributed by atoms with Gasteiger partial charge in [-0.25, -0.2) is 0 Å². The van der Waals surface area contributed by atoms with Crippen LogP contribution in [0.4, 0.5) is 0 Å². The highest BCUT2D eigenvalue weighted by Crippen LogP contribution is 2.42. The fourth-order valence-corrected chi connectivity index (χ4v) is 8.23. The van der Waals surface area contributed by atoms with Gasteiger partial charge in [-0.1, -0.05) is 24.4 Å². The minimum absolute atomic E-state index is 0.378. The molecule has 0 fully saturated rings. The van der Waals surface area contributed by atoms with E-state index in [1.165, 1.54) is 45.3 Å². The summed E-state index contributed by atoms with van der Waals surface area (Å²) >= 11 is 15.3. The van der Waals surface area contributed by atoms with Crippen LogP contribution in [0.2, 0.25) is 0 Å². The largest absolute Gasteiger partial charge is 0.362 e. The summed E-state index contributed by atoms with van der Waals surface area (Å²) < 4.78 is 11.8. The van der Waals surface area contributed by atoms with Crippen LogP contribution < -0.4 is 0 Å². The third-order valence-electron chi connectivity index (χ3n) is 3.96. The van der Waals surface area contributed by atoms with Crippen molar-refractivity contribution in [2.75, 3.05) is 0 Å². The molecule has 28 heavy (non-hydrogen) atoms. The van der Waals surface area contributed by atoms with Gasteiger partial charge >= 0.3 is 0 Å². The molecular formula is C16H16O6S6. The Labute approximate surface area is 187 Å². The van der Waals surface area contributed by atoms with Crippen LogP contribution in [-0.4, -0.2) is 34.4 Å². The lowest BCUT2D eigenvalue weighted by Crippen LogP contribution is -2.39. The van der Waals surface area contributed by atoms with E-state index in [9.17, 15) is 19.8 Å². The van der Waals surface area contributed by atoms with Crippen molar-refractivity contribution in [2.24, 2.45) is 0 Å². The molecule has 152 valence electrons. The summed E-state index contributed by atoms with van der Waals surface area (Å²) in [5, 5.41) is 18.7. The maximum atomic E-state index is 11.5. The zero-order valence-electron chi connectivity index (χ0n) is 15.1. The molecule has 6 nitrogen and oxygen atoms in total. The lowest BCUT2D eigenvalue weighted by atomic mass is 10.0. The fourth-order valence-electron chi connectivity index (χ4n) is 2.67. The van der Waals surface area contributed by atoms with Crippen molar-refractivity contribution in [2.45, 2.75) is 51.5 Å². The molecule has 2 aromatic rings. The minimum atomic E-state index is -1.35. The van der Waals surface area contributed by atoms with E-state index in [1.54, 1.807) is 0 Å². The molecule has 2 aromatic heterocycles. The molecular weight excluding hydrogens is 481 g/mol. The van der Waals surface area contributed by atoms with Gasteiger partial charge in [-0.3, -0.25) is 9.59 Å². The van der Waals surface area contributed by atoms with Gasteiger partial charge in [0.05, 0.1) is 19.5 Å². The predicted octanol–water partition coefficient (Wildman–Crippen LogP) is 4.61. The van der Waals surface area contributed by atoms with Crippen LogP contribution in [0.15, 0.2) is 0 Å². The van der Waals surface area contributed by atoms with E-state index < -0.39 is 23.8 Å². The molecule has 12 heteroatoms. The molecule has 0 amide bonds. The number of aliphatic hydroxyl groups excluding tert-OH is 2. The second-order valence-corrected chi connectivity index (χ2v) is 13.4. The van der Waals surface area contributed by atoms with Gasteiger partial charge in [-0.15, -0.1) is 45.3 Å². The molecule has 0 aromatic carbocycles. The van der Waals surface area contributed by atoms with E-state index >= 15 is 0 Å². The van der Waals surface area contributed by atoms with Gasteiger partial charge in [-0.05, 0) is 27.7 Å². The van der Waals surface area contributed by atoms with E-state index in [2.05, 4.69) is 0 Å². The monoisotopic (exact) mass is 496 g/mol. The third kappa shape index (κ3) is 4.13. The van der Waals surface area contributed by atoms with E-state index in [4.69, 9.17) is 33.9 Å². The Morgan fingerprint density at radius 1 is 0.750 bits per heavy atom. The number of ether oxygens (including phenoxy) is 2. The number of fused-ring (bicyclic) bond motifs is 2. The first-order valence-electron chi connectivity index (χ1n) is 7.92. The highest BCUT2D eigenvalue weighted by Gasteiger charge is 2.41. The third-order valence-corrected chi connectivity index (χ3v) is 9.90. The molecule has 2 aliphatic rings. The number of hydrogen-bond donors (Lipinski definition) is 2. The van der Waals surface area contributed by atoms with Gasteiger partial charge in [-0.2, -0.15) is 0 Å². The van der Waals surface area contributed by atoms with E-state index in [0.717, 1.165) is 9.75 Å². The second kappa shape index (κ2) is 7.76. The topological polar surface area (TPSA) is 93.1 Å². The quantitative estimate of drug-likeness (QED) is 0.511. The van der Waals surface area contributed by atoms with Crippen molar-refractivity contribution in [1.82, 2.24) is 0 Å². The summed E-state index contributed by atoms with van der Waals surface area (Å²) in [5.41, 5.74) is -1.25. The number of ketones is 2. The summed E-state index contributed by atoms with van der Waals surface area (Å²) in [7, 11) is 0. The molecule has 0 spiro atoms. The molecule has 0 saturated carbocycles. The van der Waals surface area contributed by atoms with E-state index in [0.29, 0.717) is 16.0 Å². The standard InChI is InChI=1S/2C8H8O3S3/c2*1-8(2)5-4(13-7(12)14-5)3(9)6(10)11-8/h2*6,10H,1-2H3. The van der Waals surface area contributed by atoms with E-state index in [-0.39, 0.29) is 11.6 Å². The maximum absolute atomic E-state index is 11.5. The zero-order chi connectivity index (χ0) is 21.0. The average molecular weight is 497 g/mol. The maximum Gasteiger partial charge on any atom is 0.229 e. The summed E-state index contributed by atoms with van der Waals surface area (Å²) in [6.45, 7) is 7.28. The van der Waals surface area contributed by atoms with Gasteiger partial charge in [0.1, 0.15) is 17.5 Å². The van der Waals surface area contributed by atoms with Crippen molar-refractivity contribution in [3.05, 3.63) is 25.8 Å². The van der Waals surface area contributed by atoms with Crippen molar-refractivity contribution in [3.8, 4) is 0 Å². The van der Waals surface area contributed by atoms with Gasteiger partial charge < -0.3 is 19.7 Å². The second-order valence-electron chi connectivity index (χ2n) is 6.91. The molecule has 0 bridgehead atoms. The van der Waals surface area contributed by atoms with Gasteiger partial charge in [0.15, 0.2) is 0 Å². The molecule has 2 unspecified atom stereocenters. The molecule has 2 aliphatic heterocycles. The van der Waals surface area contributed by atoms with Crippen LogP contribution in [0.25, 0.3) is 0 Å². The Balaban J connectivity index is 0.000000161. The Hall–Kier alpha value is -0.280. The number of hydrogen-bond acceptors (Lipinski definition) is 12. The number of Topliss-reactive ketones (excluding diaryl/α,β-unsaturated/α-hetero) is 2. The van der Waals surface area contributed by atoms with Gasteiger partial charge in [0.25, 0.3) is 0 Å². The lowest BCUT2D eigenvalue weighted by molar-refractivity contribution is -0.155. The summed E-state index contributed by atoms with van der Waals surface area (Å²) in [6.07, 6.45) is -2.70. The molecule has 4 heterocycles. The zero-order valence-corrected chi connectivity index (χ0v) is 20.0. The fraction of sp³-hybridized carbons (Fsp3) is 0.500. The molecule has 2 atom stereocenters. The summed E-state index contributed by atoms with van der Waals surface area (Å²) in [5.74, 6) is -0.756. The van der Waals surface area contributed by atoms with Crippen LogP contribution >= 0.6 is 69.8 Å². The van der Waals surface area contributed by atoms with Crippen LogP contribution in [0, 0.1) is 6.28 Å². The molecule has 2 N–H and O–H groups in total. The van der Waals surface area contributed by atoms with Gasteiger partial charge in [0, 0.05) is 0 Å². The van der Waals surface area contributed by atoms with Crippen LogP contribution in [0.1, 0.15) is 56.8 Å². The molecule has 0 saturated heterocycles. The Morgan fingerprint density at radius 3 is 1.39 bits per heavy atom. The smallest absolute Gasteiger partial charge is 0.229 e. The Bertz CT molecular complexity index is 970. The average Bonchev–Trinajstić information content (AvgIpc) is 3.15. The number of aliphatic hydroxyl groups is 2.